The van der Waals surface area contributed by atoms with Crippen molar-refractivity contribution in [3.8, 4) is 0 Å². The normalized spacial score (nSPS) is 39.5. The van der Waals surface area contributed by atoms with Crippen molar-refractivity contribution in [1.29, 1.82) is 0 Å². The largest absolute Gasteiger partial charge is 0.490 e. The molecule has 7 N–H and O–H groups in total. The standard InChI is InChI=1S/C45H73NO14/c1-13-15-33-27(6)36(57-37-21-32(47)42(31(10)56-37)59-44(46)52)22-45(53,60-33)30(9)40(50)29(8)41-34(54-11)17-14-16-23(2)18-25(4)38(48)28(7)39(49)26(5)19-24(3)20-35(55-12)43(51)58-41/h13-17,19-20,25-34,36-42,47-50,53H,18,21-22H2,1-12H3,(H2,46,52)/b15-13+,17-14?,23-16?,24-19?,35-20?/t25?,26-,27-,28+,29?,30+,31-,32-,33-,34+,36-,37+,38+,39-,40?,41-,42-,45-/m1/s1. The van der Waals surface area contributed by atoms with E-state index in [4.69, 9.17) is 38.9 Å². The predicted molar refractivity (Wildman–Crippen MR) is 224 cm³/mol. The van der Waals surface area contributed by atoms with Crippen LogP contribution in [0.2, 0.25) is 0 Å². The van der Waals surface area contributed by atoms with Crippen LogP contribution < -0.4 is 5.73 Å². The molecular weight excluding hydrogens is 778 g/mol. The Labute approximate surface area is 356 Å². The number of nitrogens with two attached hydrogens (primary N) is 1. The molecule has 18 atom stereocenters. The van der Waals surface area contributed by atoms with E-state index >= 15 is 0 Å². The second-order valence-electron chi connectivity index (χ2n) is 17.3. The molecule has 3 heterocycles. The minimum atomic E-state index is -1.97. The lowest BCUT2D eigenvalue weighted by atomic mass is 9.77. The highest BCUT2D eigenvalue weighted by Gasteiger charge is 2.52. The summed E-state index contributed by atoms with van der Waals surface area (Å²) in [6.45, 7) is 18.0. The Bertz CT molecular complexity index is 1550. The summed E-state index contributed by atoms with van der Waals surface area (Å²) in [5.41, 5.74) is 6.76. The summed E-state index contributed by atoms with van der Waals surface area (Å²) in [6, 6.07) is 0. The molecule has 3 aliphatic heterocycles. The van der Waals surface area contributed by atoms with E-state index in [9.17, 15) is 35.1 Å². The molecule has 60 heavy (non-hydrogen) atoms. The van der Waals surface area contributed by atoms with E-state index in [1.54, 1.807) is 58.1 Å². The van der Waals surface area contributed by atoms with Crippen LogP contribution in [0, 0.1) is 35.5 Å². The molecule has 3 aliphatic rings. The first kappa shape index (κ1) is 51.2. The van der Waals surface area contributed by atoms with Gasteiger partial charge in [-0.2, -0.15) is 0 Å². The SMILES string of the molecule is C/C=C/[C@H]1O[C@@](O)([C@@H](C)C(O)C(C)[C@H]2OC(=O)C(OC)=CC(C)=C[C@@H](C)[C@@H](O)[C@@H](C)[C@@H](O)C(C)CC(C)=CC=C[C@@H]2OC)C[C@@H](O[C@H]2C[C@@H](O)[C@H](OC(N)=O)[C@@H](C)O2)[C@@H]1C. The Morgan fingerprint density at radius 1 is 1.05 bits per heavy atom. The Morgan fingerprint density at radius 2 is 1.72 bits per heavy atom. The summed E-state index contributed by atoms with van der Waals surface area (Å²) < 4.78 is 41.3. The maximum atomic E-state index is 13.9. The van der Waals surface area contributed by atoms with Crippen LogP contribution in [-0.4, -0.2) is 125 Å². The number of allylic oxidation sites excluding steroid dienone is 6. The highest BCUT2D eigenvalue weighted by Crippen LogP contribution is 2.42. The van der Waals surface area contributed by atoms with E-state index in [2.05, 4.69) is 0 Å². The second kappa shape index (κ2) is 22.8. The van der Waals surface area contributed by atoms with Crippen LogP contribution in [-0.2, 0) is 38.0 Å². The van der Waals surface area contributed by atoms with Gasteiger partial charge in [0.2, 0.25) is 5.76 Å². The molecular formula is C45H73NO14. The number of ether oxygens (including phenoxy) is 7. The van der Waals surface area contributed by atoms with Gasteiger partial charge in [-0.15, -0.1) is 0 Å². The van der Waals surface area contributed by atoms with E-state index in [-0.39, 0.29) is 36.4 Å². The van der Waals surface area contributed by atoms with Crippen LogP contribution in [0.1, 0.15) is 88.5 Å². The number of carbonyl (C=O) groups excluding carboxylic acids is 2. The van der Waals surface area contributed by atoms with E-state index in [1.165, 1.54) is 20.3 Å². The number of carbonyl (C=O) groups is 2. The molecule has 1 amide bonds. The van der Waals surface area contributed by atoms with Gasteiger partial charge in [-0.25, -0.2) is 9.59 Å². The lowest BCUT2D eigenvalue weighted by Gasteiger charge is -2.49. The van der Waals surface area contributed by atoms with E-state index in [0.717, 1.165) is 5.57 Å². The van der Waals surface area contributed by atoms with E-state index in [1.807, 2.05) is 47.6 Å². The van der Waals surface area contributed by atoms with Crippen molar-refractivity contribution in [1.82, 2.24) is 0 Å². The number of rotatable bonds is 10. The number of hydrogen-bond acceptors (Lipinski definition) is 14. The quantitative estimate of drug-likeness (QED) is 0.131. The molecule has 0 aromatic carbocycles. The highest BCUT2D eigenvalue weighted by molar-refractivity contribution is 5.87. The van der Waals surface area contributed by atoms with Gasteiger partial charge in [0, 0.05) is 49.5 Å². The molecule has 2 saturated heterocycles. The van der Waals surface area contributed by atoms with Gasteiger partial charge in [0.05, 0.1) is 49.8 Å². The molecule has 15 heteroatoms. The minimum Gasteiger partial charge on any atom is -0.490 e. The lowest BCUT2D eigenvalue weighted by molar-refractivity contribution is -0.338. The van der Waals surface area contributed by atoms with Crippen LogP contribution in [0.25, 0.3) is 0 Å². The van der Waals surface area contributed by atoms with Gasteiger partial charge in [0.15, 0.2) is 18.2 Å². The van der Waals surface area contributed by atoms with Gasteiger partial charge >= 0.3 is 12.1 Å². The molecule has 0 saturated carbocycles. The smallest absolute Gasteiger partial charge is 0.404 e. The summed E-state index contributed by atoms with van der Waals surface area (Å²) in [7, 11) is 2.80. The number of methoxy groups -OCH3 is 2. The second-order valence-corrected chi connectivity index (χ2v) is 17.3. The maximum Gasteiger partial charge on any atom is 0.404 e. The van der Waals surface area contributed by atoms with Gasteiger partial charge < -0.3 is 64.4 Å². The van der Waals surface area contributed by atoms with Gasteiger partial charge in [-0.05, 0) is 46.1 Å². The maximum absolute atomic E-state index is 13.9. The molecule has 342 valence electrons. The Kier molecular flexibility index (Phi) is 19.5. The fourth-order valence-corrected chi connectivity index (χ4v) is 8.64. The average Bonchev–Trinajstić information content (AvgIpc) is 3.18. The first-order valence-corrected chi connectivity index (χ1v) is 21.1. The third-order valence-corrected chi connectivity index (χ3v) is 12.5. The number of esters is 1. The zero-order chi connectivity index (χ0) is 45.2. The zero-order valence-corrected chi connectivity index (χ0v) is 37.5. The number of aliphatic hydroxyl groups excluding tert-OH is 4. The van der Waals surface area contributed by atoms with Gasteiger partial charge in [0.1, 0.15) is 12.2 Å². The Hall–Kier alpha value is -3.12. The zero-order valence-electron chi connectivity index (χ0n) is 37.5. The summed E-state index contributed by atoms with van der Waals surface area (Å²) >= 11 is 0. The summed E-state index contributed by atoms with van der Waals surface area (Å²) in [6.07, 6.45) is 1.54. The highest BCUT2D eigenvalue weighted by atomic mass is 16.7. The van der Waals surface area contributed by atoms with Crippen LogP contribution in [0.3, 0.4) is 0 Å². The van der Waals surface area contributed by atoms with E-state index < -0.39 is 103 Å². The fourth-order valence-electron chi connectivity index (χ4n) is 8.64. The number of hydrogen-bond donors (Lipinski definition) is 6. The van der Waals surface area contributed by atoms with E-state index in [0.29, 0.717) is 12.0 Å². The molecule has 0 aliphatic carbocycles. The molecule has 0 radical (unpaired) electrons. The lowest BCUT2D eigenvalue weighted by Crippen LogP contribution is -2.59. The van der Waals surface area contributed by atoms with Gasteiger partial charge in [0.25, 0.3) is 0 Å². The topological polar surface area (TPSA) is 226 Å². The monoisotopic (exact) mass is 852 g/mol. The third-order valence-electron chi connectivity index (χ3n) is 12.5. The van der Waals surface area contributed by atoms with Crippen molar-refractivity contribution < 1.29 is 68.3 Å². The number of cyclic esters (lactones) is 1. The fraction of sp³-hybridized carbons (Fsp3) is 0.733. The number of amides is 1. The van der Waals surface area contributed by atoms with Gasteiger partial charge in [-0.3, -0.25) is 0 Å². The van der Waals surface area contributed by atoms with Crippen molar-refractivity contribution in [3.63, 3.8) is 0 Å². The van der Waals surface area contributed by atoms with Crippen molar-refractivity contribution >= 4 is 12.1 Å². The van der Waals surface area contributed by atoms with Crippen LogP contribution >= 0.6 is 0 Å². The summed E-state index contributed by atoms with van der Waals surface area (Å²) in [5.74, 6) is -6.06. The van der Waals surface area contributed by atoms with Crippen molar-refractivity contribution in [3.05, 3.63) is 59.4 Å². The average molecular weight is 852 g/mol. The number of primary amides is 1. The first-order valence-electron chi connectivity index (χ1n) is 21.1. The van der Waals surface area contributed by atoms with Crippen LogP contribution in [0.4, 0.5) is 4.79 Å². The molecule has 15 nitrogen and oxygen atoms in total. The molecule has 2 fully saturated rings. The van der Waals surface area contributed by atoms with Crippen LogP contribution in [0.15, 0.2) is 59.4 Å². The molecule has 0 spiro atoms. The summed E-state index contributed by atoms with van der Waals surface area (Å²) in [5, 5.41) is 57.6. The minimum absolute atomic E-state index is 0.0314. The molecule has 3 rings (SSSR count). The predicted octanol–water partition coefficient (Wildman–Crippen LogP) is 4.59. The molecule has 0 aromatic rings. The Morgan fingerprint density at radius 3 is 2.30 bits per heavy atom. The molecule has 0 bridgehead atoms. The summed E-state index contributed by atoms with van der Waals surface area (Å²) in [4.78, 5) is 25.3. The molecule has 3 unspecified atom stereocenters. The number of aliphatic hydroxyl groups is 5. The molecule has 0 aromatic heterocycles. The van der Waals surface area contributed by atoms with Crippen LogP contribution in [0.5, 0.6) is 0 Å². The third kappa shape index (κ3) is 13.2. The first-order chi connectivity index (χ1) is 28.1. The van der Waals surface area contributed by atoms with Crippen molar-refractivity contribution in [2.24, 2.45) is 41.2 Å². The van der Waals surface area contributed by atoms with Crippen molar-refractivity contribution in [2.75, 3.05) is 14.2 Å². The van der Waals surface area contributed by atoms with Crippen molar-refractivity contribution in [2.45, 2.75) is 162 Å². The Balaban J connectivity index is 1.99. The van der Waals surface area contributed by atoms with Gasteiger partial charge in [-0.1, -0.05) is 89.1 Å².